The Kier molecular flexibility index (Phi) is 8.20. The number of ether oxygens (including phenoxy) is 1. The molecule has 0 bridgehead atoms. The summed E-state index contributed by atoms with van der Waals surface area (Å²) in [6, 6.07) is 20.9. The number of aliphatic hydroxyl groups excluding tert-OH is 1. The minimum Gasteiger partial charge on any atom is -0.464 e. The molecule has 0 aromatic heterocycles. The Morgan fingerprint density at radius 2 is 1.48 bits per heavy atom. The van der Waals surface area contributed by atoms with Gasteiger partial charge in [0.1, 0.15) is 0 Å². The molecule has 2 rings (SSSR count). The van der Waals surface area contributed by atoms with Crippen molar-refractivity contribution in [2.45, 2.75) is 52.2 Å². The van der Waals surface area contributed by atoms with Crippen LogP contribution in [0.2, 0.25) is 5.04 Å². The molecule has 158 valence electrons. The highest BCUT2D eigenvalue weighted by Crippen LogP contribution is 2.37. The monoisotopic (exact) mass is 414 g/mol. The van der Waals surface area contributed by atoms with Crippen molar-refractivity contribution in [1.82, 2.24) is 0 Å². The van der Waals surface area contributed by atoms with Crippen LogP contribution in [0.4, 0.5) is 0 Å². The van der Waals surface area contributed by atoms with Gasteiger partial charge in [0.15, 0.2) is 6.10 Å². The molecule has 5 heteroatoms. The van der Waals surface area contributed by atoms with E-state index in [-0.39, 0.29) is 17.6 Å². The van der Waals surface area contributed by atoms with Gasteiger partial charge >= 0.3 is 5.97 Å². The van der Waals surface area contributed by atoms with Crippen molar-refractivity contribution in [3.05, 3.63) is 60.7 Å². The summed E-state index contributed by atoms with van der Waals surface area (Å²) in [7, 11) is -2.60. The zero-order valence-electron chi connectivity index (χ0n) is 18.2. The first-order valence-corrected chi connectivity index (χ1v) is 12.2. The molecular weight excluding hydrogens is 380 g/mol. The fourth-order valence-corrected chi connectivity index (χ4v) is 8.50. The van der Waals surface area contributed by atoms with E-state index in [0.29, 0.717) is 13.0 Å². The van der Waals surface area contributed by atoms with Gasteiger partial charge in [0, 0.05) is 6.61 Å². The third-order valence-corrected chi connectivity index (χ3v) is 10.2. The van der Waals surface area contributed by atoms with Gasteiger partial charge in [-0.3, -0.25) is 0 Å². The summed E-state index contributed by atoms with van der Waals surface area (Å²) < 4.78 is 11.8. The Hall–Kier alpha value is -1.95. The molecule has 1 N–H and O–H groups in total. The first-order valence-electron chi connectivity index (χ1n) is 10.3. The van der Waals surface area contributed by atoms with Gasteiger partial charge in [0.2, 0.25) is 0 Å². The normalized spacial score (nSPS) is 14.3. The maximum atomic E-state index is 11.8. The first kappa shape index (κ1) is 23.3. The molecule has 29 heavy (non-hydrogen) atoms. The van der Waals surface area contributed by atoms with Crippen LogP contribution in [0.3, 0.4) is 0 Å². The van der Waals surface area contributed by atoms with Gasteiger partial charge in [0.25, 0.3) is 8.32 Å². The molecule has 0 fully saturated rings. The summed E-state index contributed by atoms with van der Waals surface area (Å²) in [5, 5.41) is 12.5. The number of carbonyl (C=O) groups is 1. The molecule has 0 aliphatic heterocycles. The van der Waals surface area contributed by atoms with E-state index in [1.807, 2.05) is 19.1 Å². The van der Waals surface area contributed by atoms with E-state index in [0.717, 1.165) is 0 Å². The van der Waals surface area contributed by atoms with Crippen LogP contribution in [-0.2, 0) is 14.0 Å². The number of hydrogen-bond acceptors (Lipinski definition) is 4. The third kappa shape index (κ3) is 5.56. The lowest BCUT2D eigenvalue weighted by Gasteiger charge is -2.43. The van der Waals surface area contributed by atoms with Crippen molar-refractivity contribution in [3.8, 4) is 0 Å². The molecule has 4 nitrogen and oxygen atoms in total. The molecule has 0 saturated carbocycles. The fourth-order valence-electron chi connectivity index (χ4n) is 3.81. The number of benzene rings is 2. The van der Waals surface area contributed by atoms with E-state index in [1.54, 1.807) is 6.92 Å². The highest BCUT2D eigenvalue weighted by molar-refractivity contribution is 6.99. The van der Waals surface area contributed by atoms with Gasteiger partial charge in [-0.05, 0) is 34.7 Å². The molecule has 2 aromatic carbocycles. The molecule has 0 heterocycles. The number of carbonyl (C=O) groups excluding carboxylic acids is 1. The Morgan fingerprint density at radius 1 is 1.00 bits per heavy atom. The summed E-state index contributed by atoms with van der Waals surface area (Å²) in [5.41, 5.74) is 0. The SMILES string of the molecule is CCOC(=O)[C@H](O)C[C@H](C)CO[Si](c1ccccc1)(c1ccccc1)C(C)(C)C. The van der Waals surface area contributed by atoms with E-state index in [2.05, 4.69) is 69.3 Å². The summed E-state index contributed by atoms with van der Waals surface area (Å²) >= 11 is 0. The van der Waals surface area contributed by atoms with E-state index in [9.17, 15) is 9.90 Å². The predicted molar refractivity (Wildman–Crippen MR) is 120 cm³/mol. The number of rotatable bonds is 9. The zero-order chi connectivity index (χ0) is 21.5. The van der Waals surface area contributed by atoms with Crippen LogP contribution < -0.4 is 10.4 Å². The molecule has 0 radical (unpaired) electrons. The second kappa shape index (κ2) is 10.2. The second-order valence-electron chi connectivity index (χ2n) is 8.58. The van der Waals surface area contributed by atoms with Crippen LogP contribution in [0.25, 0.3) is 0 Å². The molecule has 0 amide bonds. The maximum Gasteiger partial charge on any atom is 0.334 e. The summed E-state index contributed by atoms with van der Waals surface area (Å²) in [4.78, 5) is 11.8. The second-order valence-corrected chi connectivity index (χ2v) is 12.9. The fraction of sp³-hybridized carbons (Fsp3) is 0.458. The molecule has 0 unspecified atom stereocenters. The lowest BCUT2D eigenvalue weighted by Crippen LogP contribution is -2.66. The van der Waals surface area contributed by atoms with Gasteiger partial charge in [-0.25, -0.2) is 4.79 Å². The average molecular weight is 415 g/mol. The van der Waals surface area contributed by atoms with Crippen molar-refractivity contribution in [3.63, 3.8) is 0 Å². The Balaban J connectivity index is 2.33. The maximum absolute atomic E-state index is 11.8. The van der Waals surface area contributed by atoms with Crippen molar-refractivity contribution >= 4 is 24.7 Å². The zero-order valence-corrected chi connectivity index (χ0v) is 19.2. The summed E-state index contributed by atoms with van der Waals surface area (Å²) in [6.45, 7) is 11.2. The number of hydrogen-bond donors (Lipinski definition) is 1. The largest absolute Gasteiger partial charge is 0.464 e. The van der Waals surface area contributed by atoms with E-state index in [1.165, 1.54) is 10.4 Å². The van der Waals surface area contributed by atoms with E-state index >= 15 is 0 Å². The summed E-state index contributed by atoms with van der Waals surface area (Å²) in [5.74, 6) is -0.555. The van der Waals surface area contributed by atoms with Crippen LogP contribution >= 0.6 is 0 Å². The van der Waals surface area contributed by atoms with E-state index < -0.39 is 20.4 Å². The van der Waals surface area contributed by atoms with Crippen molar-refractivity contribution in [2.75, 3.05) is 13.2 Å². The van der Waals surface area contributed by atoms with Crippen LogP contribution in [0.15, 0.2) is 60.7 Å². The molecule has 0 spiro atoms. The van der Waals surface area contributed by atoms with Gasteiger partial charge in [-0.1, -0.05) is 88.4 Å². The minimum absolute atomic E-state index is 0.0102. The van der Waals surface area contributed by atoms with Gasteiger partial charge < -0.3 is 14.3 Å². The van der Waals surface area contributed by atoms with Gasteiger partial charge in [-0.2, -0.15) is 0 Å². The predicted octanol–water partition coefficient (Wildman–Crippen LogP) is 3.51. The Labute approximate surface area is 176 Å². The Bertz CT molecular complexity index is 716. The molecule has 2 atom stereocenters. The highest BCUT2D eigenvalue weighted by atomic mass is 28.4. The van der Waals surface area contributed by atoms with Crippen LogP contribution in [0, 0.1) is 5.92 Å². The quantitative estimate of drug-likeness (QED) is 0.504. The van der Waals surface area contributed by atoms with Crippen LogP contribution in [0.1, 0.15) is 41.0 Å². The van der Waals surface area contributed by atoms with Crippen molar-refractivity contribution in [1.29, 1.82) is 0 Å². The first-order chi connectivity index (χ1) is 13.7. The lowest BCUT2D eigenvalue weighted by atomic mass is 10.1. The molecule has 0 aliphatic rings. The van der Waals surface area contributed by atoms with Gasteiger partial charge in [0.05, 0.1) is 6.61 Å². The molecular formula is C24H34O4Si. The number of esters is 1. The van der Waals surface area contributed by atoms with Gasteiger partial charge in [-0.15, -0.1) is 0 Å². The summed E-state index contributed by atoms with van der Waals surface area (Å²) in [6.07, 6.45) is -0.801. The van der Waals surface area contributed by atoms with Crippen LogP contribution in [0.5, 0.6) is 0 Å². The molecule has 0 saturated heterocycles. The topological polar surface area (TPSA) is 55.8 Å². The lowest BCUT2D eigenvalue weighted by molar-refractivity contribution is -0.153. The average Bonchev–Trinajstić information content (AvgIpc) is 2.69. The Morgan fingerprint density at radius 3 is 1.90 bits per heavy atom. The van der Waals surface area contributed by atoms with Crippen molar-refractivity contribution in [2.24, 2.45) is 5.92 Å². The third-order valence-electron chi connectivity index (χ3n) is 5.19. The number of aliphatic hydroxyl groups is 1. The molecule has 2 aromatic rings. The minimum atomic E-state index is -2.60. The molecule has 0 aliphatic carbocycles. The highest BCUT2D eigenvalue weighted by Gasteiger charge is 2.50. The van der Waals surface area contributed by atoms with Crippen LogP contribution in [-0.4, -0.2) is 38.7 Å². The van der Waals surface area contributed by atoms with E-state index in [4.69, 9.17) is 9.16 Å². The van der Waals surface area contributed by atoms with Crippen molar-refractivity contribution < 1.29 is 19.1 Å². The smallest absolute Gasteiger partial charge is 0.334 e. The standard InChI is InChI=1S/C24H34O4Si/c1-6-27-23(26)22(25)17-19(2)18-28-29(24(3,4)5,20-13-9-7-10-14-20)21-15-11-8-12-16-21/h7-16,19,22,25H,6,17-18H2,1-5H3/t19-,22+/m0/s1.